The van der Waals surface area contributed by atoms with E-state index in [0.717, 1.165) is 30.0 Å². The topological polar surface area (TPSA) is 87.8 Å². The molecule has 0 atom stereocenters. The van der Waals surface area contributed by atoms with Crippen LogP contribution in [0.25, 0.3) is 5.65 Å². The molecule has 0 unspecified atom stereocenters. The van der Waals surface area contributed by atoms with Gasteiger partial charge in [0.15, 0.2) is 29.6 Å². The van der Waals surface area contributed by atoms with Gasteiger partial charge in [-0.05, 0) is 6.92 Å². The van der Waals surface area contributed by atoms with E-state index in [4.69, 9.17) is 16.3 Å². The molecule has 3 aromatic heterocycles. The third-order valence-corrected chi connectivity index (χ3v) is 3.71. The van der Waals surface area contributed by atoms with Crippen molar-refractivity contribution in [3.63, 3.8) is 0 Å². The van der Waals surface area contributed by atoms with E-state index < -0.39 is 30.3 Å². The van der Waals surface area contributed by atoms with Gasteiger partial charge in [-0.15, -0.1) is 5.10 Å². The number of fused-ring (bicyclic) bond motifs is 1. The van der Waals surface area contributed by atoms with Crippen LogP contribution >= 0.6 is 11.6 Å². The van der Waals surface area contributed by atoms with Gasteiger partial charge in [-0.25, -0.2) is 18.7 Å². The first-order chi connectivity index (χ1) is 13.6. The largest absolute Gasteiger partial charge is 0.478 e. The number of carbonyl (C=O) groups is 1. The van der Waals surface area contributed by atoms with Crippen LogP contribution in [0.15, 0.2) is 18.3 Å². The monoisotopic (exact) mass is 434 g/mol. The molecule has 3 aromatic rings. The summed E-state index contributed by atoms with van der Waals surface area (Å²) in [6, 6.07) is 1.99. The first-order valence-corrected chi connectivity index (χ1v) is 8.14. The number of hydrogen-bond acceptors (Lipinski definition) is 7. The van der Waals surface area contributed by atoms with E-state index in [1.807, 2.05) is 0 Å². The molecule has 0 bridgehead atoms. The van der Waals surface area contributed by atoms with Crippen molar-refractivity contribution in [1.29, 1.82) is 0 Å². The molecule has 0 N–H and O–H groups in total. The SMILES string of the molecule is COC(=O)c1nc2c(F)cc(Oc3ncc(Cl)cc3OCC(F)(F)F)c(C)n2n1. The Morgan fingerprint density at radius 2 is 2.00 bits per heavy atom. The predicted octanol–water partition coefficient (Wildman–Crippen LogP) is 3.75. The zero-order valence-electron chi connectivity index (χ0n) is 14.8. The minimum Gasteiger partial charge on any atom is -0.478 e. The number of halogens is 5. The van der Waals surface area contributed by atoms with Crippen molar-refractivity contribution < 1.29 is 36.6 Å². The summed E-state index contributed by atoms with van der Waals surface area (Å²) in [7, 11) is 1.11. The number of hydrogen-bond donors (Lipinski definition) is 0. The van der Waals surface area contributed by atoms with Gasteiger partial charge in [-0.1, -0.05) is 11.6 Å². The molecular weight excluding hydrogens is 424 g/mol. The number of aryl methyl sites for hydroxylation is 1. The molecule has 0 spiro atoms. The molecule has 0 aliphatic heterocycles. The van der Waals surface area contributed by atoms with Crippen LogP contribution in [0.4, 0.5) is 17.6 Å². The zero-order chi connectivity index (χ0) is 21.3. The summed E-state index contributed by atoms with van der Waals surface area (Å²) in [5, 5.41) is 3.85. The lowest BCUT2D eigenvalue weighted by Crippen LogP contribution is -2.19. The highest BCUT2D eigenvalue weighted by Crippen LogP contribution is 2.34. The molecule has 29 heavy (non-hydrogen) atoms. The maximum Gasteiger partial charge on any atom is 0.422 e. The van der Waals surface area contributed by atoms with Gasteiger partial charge < -0.3 is 14.2 Å². The first-order valence-electron chi connectivity index (χ1n) is 7.76. The molecule has 3 rings (SSSR count). The Bertz CT molecular complexity index is 1090. The number of rotatable bonds is 5. The predicted molar refractivity (Wildman–Crippen MR) is 89.9 cm³/mol. The van der Waals surface area contributed by atoms with Gasteiger partial charge >= 0.3 is 12.1 Å². The molecule has 0 aromatic carbocycles. The Morgan fingerprint density at radius 1 is 1.28 bits per heavy atom. The van der Waals surface area contributed by atoms with Crippen molar-refractivity contribution in [1.82, 2.24) is 19.6 Å². The average molecular weight is 435 g/mol. The Kier molecular flexibility index (Phi) is 5.46. The molecule has 0 fully saturated rings. The minimum absolute atomic E-state index is 0.00637. The van der Waals surface area contributed by atoms with Crippen molar-refractivity contribution in [2.45, 2.75) is 13.1 Å². The van der Waals surface area contributed by atoms with E-state index in [1.54, 1.807) is 0 Å². The maximum atomic E-state index is 14.4. The van der Waals surface area contributed by atoms with E-state index >= 15 is 0 Å². The lowest BCUT2D eigenvalue weighted by Gasteiger charge is -2.14. The first kappa shape index (κ1) is 20.6. The number of esters is 1. The number of nitrogens with zero attached hydrogens (tertiary/aromatic N) is 4. The van der Waals surface area contributed by atoms with Gasteiger partial charge in [0.1, 0.15) is 0 Å². The molecule has 0 saturated heterocycles. The fraction of sp³-hybridized carbons (Fsp3) is 0.250. The summed E-state index contributed by atoms with van der Waals surface area (Å²) in [5.74, 6) is -3.09. The number of carbonyl (C=O) groups excluding carboxylic acids is 1. The molecule has 0 aliphatic rings. The van der Waals surface area contributed by atoms with Crippen molar-refractivity contribution in [3.05, 3.63) is 40.7 Å². The second-order valence-electron chi connectivity index (χ2n) is 5.57. The summed E-state index contributed by atoms with van der Waals surface area (Å²) in [5.41, 5.74) is -0.0876. The lowest BCUT2D eigenvalue weighted by atomic mass is 10.3. The fourth-order valence-electron chi connectivity index (χ4n) is 2.22. The van der Waals surface area contributed by atoms with Crippen LogP contribution in [-0.4, -0.2) is 45.4 Å². The Morgan fingerprint density at radius 3 is 2.66 bits per heavy atom. The summed E-state index contributed by atoms with van der Waals surface area (Å²) >= 11 is 5.75. The quantitative estimate of drug-likeness (QED) is 0.446. The summed E-state index contributed by atoms with van der Waals surface area (Å²) < 4.78 is 67.4. The molecular formula is C16H11ClF4N4O4. The number of pyridine rings is 2. The van der Waals surface area contributed by atoms with Crippen molar-refractivity contribution in [2.75, 3.05) is 13.7 Å². The highest BCUT2D eigenvalue weighted by molar-refractivity contribution is 6.30. The number of ether oxygens (including phenoxy) is 3. The normalized spacial score (nSPS) is 11.6. The van der Waals surface area contributed by atoms with E-state index in [-0.39, 0.29) is 33.8 Å². The molecule has 3 heterocycles. The van der Waals surface area contributed by atoms with Gasteiger partial charge in [0, 0.05) is 18.3 Å². The number of aromatic nitrogens is 4. The molecule has 0 radical (unpaired) electrons. The van der Waals surface area contributed by atoms with Gasteiger partial charge in [0.25, 0.3) is 11.7 Å². The van der Waals surface area contributed by atoms with E-state index in [1.165, 1.54) is 6.92 Å². The maximum absolute atomic E-state index is 14.4. The van der Waals surface area contributed by atoms with Crippen molar-refractivity contribution >= 4 is 23.2 Å². The Hall–Kier alpha value is -3.15. The standard InChI is InChI=1S/C16H11ClF4N4O4/c1-7-10(4-9(18)13-23-12(15(26)27-2)24-25(7)13)29-14-11(3-8(17)5-22-14)28-6-16(19,20)21/h3-5H,6H2,1-2H3. The summed E-state index contributed by atoms with van der Waals surface area (Å²) in [6.45, 7) is -0.146. The second-order valence-corrected chi connectivity index (χ2v) is 6.00. The molecule has 0 amide bonds. The van der Waals surface area contributed by atoms with Crippen molar-refractivity contribution in [3.8, 4) is 17.4 Å². The van der Waals surface area contributed by atoms with Crippen LogP contribution in [-0.2, 0) is 4.74 Å². The van der Waals surface area contributed by atoms with Crippen LogP contribution in [0.2, 0.25) is 5.02 Å². The van der Waals surface area contributed by atoms with E-state index in [0.29, 0.717) is 0 Å². The average Bonchev–Trinajstić information content (AvgIpc) is 3.11. The molecule has 8 nitrogen and oxygen atoms in total. The fourth-order valence-corrected chi connectivity index (χ4v) is 2.37. The zero-order valence-corrected chi connectivity index (χ0v) is 15.5. The highest BCUT2D eigenvalue weighted by Gasteiger charge is 2.29. The van der Waals surface area contributed by atoms with Crippen LogP contribution < -0.4 is 9.47 Å². The van der Waals surface area contributed by atoms with Crippen molar-refractivity contribution in [2.24, 2.45) is 0 Å². The Labute approximate surface area is 165 Å². The highest BCUT2D eigenvalue weighted by atomic mass is 35.5. The van der Waals surface area contributed by atoms with Crippen LogP contribution in [0, 0.1) is 12.7 Å². The van der Waals surface area contributed by atoms with Gasteiger partial charge in [-0.2, -0.15) is 18.2 Å². The smallest absolute Gasteiger partial charge is 0.422 e. The van der Waals surface area contributed by atoms with E-state index in [9.17, 15) is 22.4 Å². The lowest BCUT2D eigenvalue weighted by molar-refractivity contribution is -0.153. The summed E-state index contributed by atoms with van der Waals surface area (Å²) in [6.07, 6.45) is -3.49. The van der Waals surface area contributed by atoms with Crippen LogP contribution in [0.1, 0.15) is 16.3 Å². The van der Waals surface area contributed by atoms with Crippen LogP contribution in [0.5, 0.6) is 17.4 Å². The van der Waals surface area contributed by atoms with Gasteiger partial charge in [-0.3, -0.25) is 0 Å². The summed E-state index contributed by atoms with van der Waals surface area (Å²) in [4.78, 5) is 19.1. The molecule has 0 saturated carbocycles. The van der Waals surface area contributed by atoms with Gasteiger partial charge in [0.2, 0.25) is 0 Å². The Balaban J connectivity index is 2.00. The minimum atomic E-state index is -4.61. The number of alkyl halides is 3. The van der Waals surface area contributed by atoms with E-state index in [2.05, 4.69) is 24.5 Å². The number of methoxy groups -OCH3 is 1. The second kappa shape index (κ2) is 7.70. The third kappa shape index (κ3) is 4.47. The molecule has 154 valence electrons. The van der Waals surface area contributed by atoms with Crippen LogP contribution in [0.3, 0.4) is 0 Å². The third-order valence-electron chi connectivity index (χ3n) is 3.50. The molecule has 0 aliphatic carbocycles. The van der Waals surface area contributed by atoms with Gasteiger partial charge in [0.05, 0.1) is 17.8 Å². The molecule has 13 heteroatoms.